The first-order valence-corrected chi connectivity index (χ1v) is 10.3. The maximum atomic E-state index is 12.9. The molecule has 4 heteroatoms. The van der Waals surface area contributed by atoms with E-state index in [9.17, 15) is 9.59 Å². The van der Waals surface area contributed by atoms with Gasteiger partial charge in [0.15, 0.2) is 0 Å². The Morgan fingerprint density at radius 3 is 2.19 bits per heavy atom. The first kappa shape index (κ1) is 18.9. The van der Waals surface area contributed by atoms with Gasteiger partial charge >= 0.3 is 0 Å². The molecular weight excluding hydrogens is 324 g/mol. The summed E-state index contributed by atoms with van der Waals surface area (Å²) in [5.41, 5.74) is 1.18. The minimum absolute atomic E-state index is 0.0871. The van der Waals surface area contributed by atoms with Crippen molar-refractivity contribution >= 4 is 11.8 Å². The zero-order valence-electron chi connectivity index (χ0n) is 16.0. The van der Waals surface area contributed by atoms with Gasteiger partial charge in [-0.25, -0.2) is 0 Å². The molecule has 26 heavy (non-hydrogen) atoms. The lowest BCUT2D eigenvalue weighted by atomic mass is 9.80. The number of nitrogens with zero attached hydrogens (tertiary/aromatic N) is 2. The summed E-state index contributed by atoms with van der Waals surface area (Å²) in [6.45, 7) is 5.33. The number of amides is 2. The van der Waals surface area contributed by atoms with E-state index in [0.717, 1.165) is 58.2 Å². The van der Waals surface area contributed by atoms with Gasteiger partial charge in [0.1, 0.15) is 0 Å². The first-order valence-electron chi connectivity index (χ1n) is 10.3. The van der Waals surface area contributed by atoms with Crippen molar-refractivity contribution in [2.75, 3.05) is 19.6 Å². The fourth-order valence-electron chi connectivity index (χ4n) is 4.37. The van der Waals surface area contributed by atoms with Gasteiger partial charge in [-0.05, 0) is 57.4 Å². The molecule has 2 fully saturated rings. The van der Waals surface area contributed by atoms with Crippen molar-refractivity contribution in [1.82, 2.24) is 9.80 Å². The van der Waals surface area contributed by atoms with Gasteiger partial charge in [-0.1, -0.05) is 30.3 Å². The van der Waals surface area contributed by atoms with Crippen molar-refractivity contribution in [3.63, 3.8) is 0 Å². The van der Waals surface area contributed by atoms with Crippen LogP contribution in [0.2, 0.25) is 0 Å². The second-order valence-electron chi connectivity index (χ2n) is 7.77. The summed E-state index contributed by atoms with van der Waals surface area (Å²) >= 11 is 0. The number of hydrogen-bond donors (Lipinski definition) is 0. The highest BCUT2D eigenvalue weighted by molar-refractivity contribution is 5.81. The minimum atomic E-state index is 0.0871. The van der Waals surface area contributed by atoms with E-state index in [0.29, 0.717) is 12.5 Å². The van der Waals surface area contributed by atoms with Crippen molar-refractivity contribution in [1.29, 1.82) is 0 Å². The number of carbonyl (C=O) groups excluding carboxylic acids is 2. The second kappa shape index (κ2) is 9.20. The van der Waals surface area contributed by atoms with E-state index in [1.54, 1.807) is 0 Å². The number of likely N-dealkylation sites (tertiary alicyclic amines) is 1. The lowest BCUT2D eigenvalue weighted by molar-refractivity contribution is -0.142. The molecule has 1 aliphatic carbocycles. The summed E-state index contributed by atoms with van der Waals surface area (Å²) in [5.74, 6) is 0.831. The van der Waals surface area contributed by atoms with E-state index in [2.05, 4.69) is 17.0 Å². The van der Waals surface area contributed by atoms with Gasteiger partial charge in [0, 0.05) is 38.0 Å². The third kappa shape index (κ3) is 4.66. The molecule has 2 aliphatic rings. The Hall–Kier alpha value is -1.84. The average Bonchev–Trinajstić information content (AvgIpc) is 2.72. The van der Waals surface area contributed by atoms with Crippen LogP contribution >= 0.6 is 0 Å². The fraction of sp³-hybridized carbons (Fsp3) is 0.636. The fourth-order valence-corrected chi connectivity index (χ4v) is 4.37. The molecule has 2 amide bonds. The third-order valence-corrected chi connectivity index (χ3v) is 6.00. The SMILES string of the molecule is CCN(Cc1ccccc1)C(=O)C1CCC(C(=O)N2CCCCC2)CC1. The predicted octanol–water partition coefficient (Wildman–Crippen LogP) is 3.85. The van der Waals surface area contributed by atoms with Crippen molar-refractivity contribution in [2.24, 2.45) is 11.8 Å². The molecule has 1 aromatic carbocycles. The molecule has 0 atom stereocenters. The summed E-state index contributed by atoms with van der Waals surface area (Å²) in [6, 6.07) is 10.2. The van der Waals surface area contributed by atoms with E-state index in [4.69, 9.17) is 0 Å². The molecule has 0 radical (unpaired) electrons. The summed E-state index contributed by atoms with van der Waals surface area (Å²) in [5, 5.41) is 0. The topological polar surface area (TPSA) is 40.6 Å². The van der Waals surface area contributed by atoms with Gasteiger partial charge in [0.2, 0.25) is 11.8 Å². The molecule has 0 aromatic heterocycles. The highest BCUT2D eigenvalue weighted by atomic mass is 16.2. The third-order valence-electron chi connectivity index (χ3n) is 6.00. The summed E-state index contributed by atoms with van der Waals surface area (Å²) < 4.78 is 0. The average molecular weight is 357 g/mol. The monoisotopic (exact) mass is 356 g/mol. The van der Waals surface area contributed by atoms with Crippen LogP contribution in [0, 0.1) is 11.8 Å². The number of piperidine rings is 1. The van der Waals surface area contributed by atoms with E-state index in [1.165, 1.54) is 12.0 Å². The lowest BCUT2D eigenvalue weighted by Crippen LogP contribution is -2.42. The Labute approximate surface area is 157 Å². The molecule has 0 unspecified atom stereocenters. The minimum Gasteiger partial charge on any atom is -0.342 e. The predicted molar refractivity (Wildman–Crippen MR) is 103 cm³/mol. The number of hydrogen-bond acceptors (Lipinski definition) is 2. The van der Waals surface area contributed by atoms with Crippen LogP contribution in [0.25, 0.3) is 0 Å². The molecule has 142 valence electrons. The van der Waals surface area contributed by atoms with Gasteiger partial charge in [-0.3, -0.25) is 9.59 Å². The van der Waals surface area contributed by atoms with Crippen molar-refractivity contribution in [3.8, 4) is 0 Å². The highest BCUT2D eigenvalue weighted by Crippen LogP contribution is 2.32. The maximum Gasteiger partial charge on any atom is 0.225 e. The normalized spacial score (nSPS) is 23.5. The Balaban J connectivity index is 1.51. The van der Waals surface area contributed by atoms with Crippen molar-refractivity contribution in [2.45, 2.75) is 58.4 Å². The Morgan fingerprint density at radius 2 is 1.58 bits per heavy atom. The van der Waals surface area contributed by atoms with Crippen LogP contribution in [0.4, 0.5) is 0 Å². The van der Waals surface area contributed by atoms with Crippen LogP contribution in [0.1, 0.15) is 57.4 Å². The van der Waals surface area contributed by atoms with Gasteiger partial charge in [0.25, 0.3) is 0 Å². The summed E-state index contributed by atoms with van der Waals surface area (Å²) in [6.07, 6.45) is 6.99. The standard InChI is InChI=1S/C22H32N2O2/c1-2-23(17-18-9-5-3-6-10-18)21(25)19-11-13-20(14-12-19)22(26)24-15-7-4-8-16-24/h3,5-6,9-10,19-20H,2,4,7-8,11-17H2,1H3. The molecular formula is C22H32N2O2. The number of rotatable bonds is 5. The summed E-state index contributed by atoms with van der Waals surface area (Å²) in [7, 11) is 0. The molecule has 1 aliphatic heterocycles. The summed E-state index contributed by atoms with van der Waals surface area (Å²) in [4.78, 5) is 29.7. The van der Waals surface area contributed by atoms with Gasteiger partial charge in [0.05, 0.1) is 0 Å². The zero-order chi connectivity index (χ0) is 18.4. The quantitative estimate of drug-likeness (QED) is 0.804. The van der Waals surface area contributed by atoms with Crippen LogP contribution in [0.5, 0.6) is 0 Å². The van der Waals surface area contributed by atoms with Crippen LogP contribution in [0.15, 0.2) is 30.3 Å². The van der Waals surface area contributed by atoms with E-state index >= 15 is 0 Å². The van der Waals surface area contributed by atoms with Crippen LogP contribution in [0.3, 0.4) is 0 Å². The number of benzene rings is 1. The molecule has 3 rings (SSSR count). The van der Waals surface area contributed by atoms with Crippen LogP contribution in [-0.2, 0) is 16.1 Å². The van der Waals surface area contributed by atoms with E-state index in [-0.39, 0.29) is 17.7 Å². The lowest BCUT2D eigenvalue weighted by Gasteiger charge is -2.35. The van der Waals surface area contributed by atoms with Crippen LogP contribution < -0.4 is 0 Å². The Morgan fingerprint density at radius 1 is 0.962 bits per heavy atom. The molecule has 1 saturated heterocycles. The number of carbonyl (C=O) groups is 2. The molecule has 1 heterocycles. The Bertz CT molecular complexity index is 587. The molecule has 0 N–H and O–H groups in total. The first-order chi connectivity index (χ1) is 12.7. The Kier molecular flexibility index (Phi) is 6.70. The van der Waals surface area contributed by atoms with Gasteiger partial charge < -0.3 is 9.80 Å². The molecule has 0 spiro atoms. The smallest absolute Gasteiger partial charge is 0.225 e. The maximum absolute atomic E-state index is 12.9. The van der Waals surface area contributed by atoms with E-state index < -0.39 is 0 Å². The molecule has 4 nitrogen and oxygen atoms in total. The van der Waals surface area contributed by atoms with Crippen LogP contribution in [-0.4, -0.2) is 41.2 Å². The molecule has 1 saturated carbocycles. The second-order valence-corrected chi connectivity index (χ2v) is 7.77. The van der Waals surface area contributed by atoms with Gasteiger partial charge in [-0.15, -0.1) is 0 Å². The van der Waals surface area contributed by atoms with Crippen molar-refractivity contribution in [3.05, 3.63) is 35.9 Å². The highest BCUT2D eigenvalue weighted by Gasteiger charge is 2.33. The van der Waals surface area contributed by atoms with E-state index in [1.807, 2.05) is 30.0 Å². The zero-order valence-corrected chi connectivity index (χ0v) is 16.0. The van der Waals surface area contributed by atoms with Crippen molar-refractivity contribution < 1.29 is 9.59 Å². The molecule has 1 aromatic rings. The largest absolute Gasteiger partial charge is 0.342 e. The molecule has 0 bridgehead atoms. The van der Waals surface area contributed by atoms with Gasteiger partial charge in [-0.2, -0.15) is 0 Å².